The Hall–Kier alpha value is -0.780. The highest BCUT2D eigenvalue weighted by Gasteiger charge is 1.85. The third kappa shape index (κ3) is 3.29. The van der Waals surface area contributed by atoms with Crippen molar-refractivity contribution in [1.29, 1.82) is 0 Å². The molecule has 0 aliphatic rings. The predicted molar refractivity (Wildman–Crippen MR) is 48.0 cm³/mol. The quantitative estimate of drug-likeness (QED) is 0.521. The minimum Gasteiger partial charge on any atom is -0.0988 e. The molecule has 0 spiro atoms. The zero-order chi connectivity index (χ0) is 7.98. The summed E-state index contributed by atoms with van der Waals surface area (Å²) in [7, 11) is 0. The van der Waals surface area contributed by atoms with Crippen molar-refractivity contribution >= 4 is 0 Å². The molecule has 0 aromatic rings. The second-order valence-electron chi connectivity index (χ2n) is 2.31. The molecule has 0 heterocycles. The van der Waals surface area contributed by atoms with Gasteiger partial charge in [-0.3, -0.25) is 0 Å². The van der Waals surface area contributed by atoms with Crippen LogP contribution >= 0.6 is 0 Å². The fraction of sp³-hybridized carbons (Fsp3) is 0.400. The predicted octanol–water partition coefficient (Wildman–Crippen LogP) is 3.48. The van der Waals surface area contributed by atoms with Gasteiger partial charge in [-0.1, -0.05) is 42.9 Å². The number of allylic oxidation sites excluding steroid dienone is 5. The van der Waals surface area contributed by atoms with Crippen LogP contribution in [-0.2, 0) is 0 Å². The molecule has 10 heavy (non-hydrogen) atoms. The van der Waals surface area contributed by atoms with Gasteiger partial charge in [0, 0.05) is 0 Å². The van der Waals surface area contributed by atoms with Crippen molar-refractivity contribution in [2.45, 2.75) is 27.2 Å². The molecular formula is C10H16. The van der Waals surface area contributed by atoms with Gasteiger partial charge in [0.1, 0.15) is 0 Å². The maximum atomic E-state index is 3.69. The van der Waals surface area contributed by atoms with Crippen molar-refractivity contribution in [3.8, 4) is 0 Å². The van der Waals surface area contributed by atoms with Gasteiger partial charge < -0.3 is 0 Å². The van der Waals surface area contributed by atoms with Crippen molar-refractivity contribution in [2.24, 2.45) is 0 Å². The average Bonchev–Trinajstić information content (AvgIpc) is 1.99. The van der Waals surface area contributed by atoms with E-state index in [-0.39, 0.29) is 0 Å². The van der Waals surface area contributed by atoms with Crippen LogP contribution in [0.4, 0.5) is 0 Å². The normalized spacial score (nSPS) is 13.5. The Balaban J connectivity index is 4.22. The molecule has 56 valence electrons. The van der Waals surface area contributed by atoms with E-state index in [1.165, 1.54) is 11.1 Å². The lowest BCUT2D eigenvalue weighted by molar-refractivity contribution is 1.13. The van der Waals surface area contributed by atoms with E-state index in [4.69, 9.17) is 0 Å². The van der Waals surface area contributed by atoms with Gasteiger partial charge in [0.05, 0.1) is 0 Å². The first-order valence-corrected chi connectivity index (χ1v) is 3.70. The van der Waals surface area contributed by atoms with Crippen LogP contribution in [0.3, 0.4) is 0 Å². The van der Waals surface area contributed by atoms with Gasteiger partial charge in [-0.05, 0) is 20.3 Å². The Kier molecular flexibility index (Phi) is 4.65. The van der Waals surface area contributed by atoms with Gasteiger partial charge in [0.25, 0.3) is 0 Å². The van der Waals surface area contributed by atoms with Crippen molar-refractivity contribution < 1.29 is 0 Å². The first-order chi connectivity index (χ1) is 4.74. The molecule has 0 nitrogen and oxygen atoms in total. The van der Waals surface area contributed by atoms with Gasteiger partial charge >= 0.3 is 0 Å². The van der Waals surface area contributed by atoms with Gasteiger partial charge in [0.15, 0.2) is 0 Å². The van der Waals surface area contributed by atoms with E-state index in [0.29, 0.717) is 0 Å². The first-order valence-electron chi connectivity index (χ1n) is 3.70. The summed E-state index contributed by atoms with van der Waals surface area (Å²) in [5.41, 5.74) is 2.60. The molecule has 0 N–H and O–H groups in total. The van der Waals surface area contributed by atoms with Crippen LogP contribution in [0.1, 0.15) is 27.2 Å². The lowest BCUT2D eigenvalue weighted by Gasteiger charge is -1.95. The van der Waals surface area contributed by atoms with E-state index in [9.17, 15) is 0 Å². The number of rotatable bonds is 3. The van der Waals surface area contributed by atoms with Gasteiger partial charge in [0.2, 0.25) is 0 Å². The van der Waals surface area contributed by atoms with Crippen molar-refractivity contribution in [3.63, 3.8) is 0 Å². The monoisotopic (exact) mass is 136 g/mol. The molecule has 0 atom stereocenters. The van der Waals surface area contributed by atoms with E-state index < -0.39 is 0 Å². The van der Waals surface area contributed by atoms with Crippen LogP contribution in [0.25, 0.3) is 0 Å². The zero-order valence-electron chi connectivity index (χ0n) is 7.15. The van der Waals surface area contributed by atoms with Crippen molar-refractivity contribution in [1.82, 2.24) is 0 Å². The standard InChI is InChI=1S/C10H16/c1-5-9(4)8-10(6-2)7-3/h5-6,8H,1,7H2,2-4H3. The van der Waals surface area contributed by atoms with Gasteiger partial charge in [-0.25, -0.2) is 0 Å². The summed E-state index contributed by atoms with van der Waals surface area (Å²) in [5.74, 6) is 0. The smallest absolute Gasteiger partial charge is 0.0311 e. The summed E-state index contributed by atoms with van der Waals surface area (Å²) in [5, 5.41) is 0. The number of hydrogen-bond donors (Lipinski definition) is 0. The molecule has 0 saturated heterocycles. The molecule has 0 heteroatoms. The van der Waals surface area contributed by atoms with Crippen LogP contribution in [0.5, 0.6) is 0 Å². The Labute approximate surface area is 64.0 Å². The minimum atomic E-state index is 1.10. The maximum Gasteiger partial charge on any atom is -0.0311 e. The molecule has 0 radical (unpaired) electrons. The lowest BCUT2D eigenvalue weighted by Crippen LogP contribution is -1.75. The van der Waals surface area contributed by atoms with Gasteiger partial charge in [-0.2, -0.15) is 0 Å². The fourth-order valence-corrected chi connectivity index (χ4v) is 0.741. The largest absolute Gasteiger partial charge is 0.0988 e. The highest BCUT2D eigenvalue weighted by molar-refractivity contribution is 5.26. The molecule has 0 aliphatic carbocycles. The van der Waals surface area contributed by atoms with E-state index >= 15 is 0 Å². The summed E-state index contributed by atoms with van der Waals surface area (Å²) in [6.07, 6.45) is 7.26. The molecule has 0 rings (SSSR count). The molecule has 0 unspecified atom stereocenters. The average molecular weight is 136 g/mol. The minimum absolute atomic E-state index is 1.10. The van der Waals surface area contributed by atoms with Crippen LogP contribution in [0, 0.1) is 0 Å². The van der Waals surface area contributed by atoms with E-state index in [0.717, 1.165) is 6.42 Å². The SMILES string of the molecule is C=CC(C)=CC(=CC)CC. The summed E-state index contributed by atoms with van der Waals surface area (Å²) in [6, 6.07) is 0. The molecule has 0 bridgehead atoms. The Morgan fingerprint density at radius 1 is 1.50 bits per heavy atom. The van der Waals surface area contributed by atoms with Crippen LogP contribution in [-0.4, -0.2) is 0 Å². The lowest BCUT2D eigenvalue weighted by atomic mass is 10.1. The summed E-state index contributed by atoms with van der Waals surface area (Å²) >= 11 is 0. The van der Waals surface area contributed by atoms with Crippen LogP contribution in [0.15, 0.2) is 36.0 Å². The Morgan fingerprint density at radius 3 is 2.40 bits per heavy atom. The highest BCUT2D eigenvalue weighted by Crippen LogP contribution is 2.06. The summed E-state index contributed by atoms with van der Waals surface area (Å²) < 4.78 is 0. The molecule has 0 saturated carbocycles. The highest BCUT2D eigenvalue weighted by atomic mass is 13.9. The summed E-state index contributed by atoms with van der Waals surface area (Å²) in [6.45, 7) is 9.96. The van der Waals surface area contributed by atoms with E-state index in [1.807, 2.05) is 6.08 Å². The van der Waals surface area contributed by atoms with Crippen molar-refractivity contribution in [2.75, 3.05) is 0 Å². The van der Waals surface area contributed by atoms with E-state index in [1.54, 1.807) is 0 Å². The number of hydrogen-bond acceptors (Lipinski definition) is 0. The van der Waals surface area contributed by atoms with Crippen molar-refractivity contribution in [3.05, 3.63) is 36.0 Å². The second kappa shape index (κ2) is 5.04. The Bertz CT molecular complexity index is 159. The third-order valence-electron chi connectivity index (χ3n) is 1.51. The van der Waals surface area contributed by atoms with Crippen LogP contribution in [0.2, 0.25) is 0 Å². The summed E-state index contributed by atoms with van der Waals surface area (Å²) in [4.78, 5) is 0. The molecule has 0 aromatic heterocycles. The van der Waals surface area contributed by atoms with Gasteiger partial charge in [-0.15, -0.1) is 0 Å². The molecule has 0 fully saturated rings. The second-order valence-corrected chi connectivity index (χ2v) is 2.31. The Morgan fingerprint density at radius 2 is 2.10 bits per heavy atom. The molecule has 0 aromatic carbocycles. The third-order valence-corrected chi connectivity index (χ3v) is 1.51. The fourth-order valence-electron chi connectivity index (χ4n) is 0.741. The molecular weight excluding hydrogens is 120 g/mol. The van der Waals surface area contributed by atoms with E-state index in [2.05, 4.69) is 39.5 Å². The topological polar surface area (TPSA) is 0 Å². The molecule has 0 amide bonds. The maximum absolute atomic E-state index is 3.69. The zero-order valence-corrected chi connectivity index (χ0v) is 7.15. The first kappa shape index (κ1) is 9.22. The van der Waals surface area contributed by atoms with Crippen LogP contribution < -0.4 is 0 Å². The molecule has 0 aliphatic heterocycles.